The van der Waals surface area contributed by atoms with E-state index in [9.17, 15) is 8.78 Å². The third-order valence-corrected chi connectivity index (χ3v) is 8.83. The van der Waals surface area contributed by atoms with Crippen LogP contribution in [-0.2, 0) is 0 Å². The van der Waals surface area contributed by atoms with Gasteiger partial charge in [0.1, 0.15) is 17.3 Å². The lowest BCUT2D eigenvalue weighted by atomic mass is 9.75. The molecule has 1 saturated carbocycles. The highest BCUT2D eigenvalue weighted by Gasteiger charge is 2.49. The van der Waals surface area contributed by atoms with Crippen molar-refractivity contribution in [2.45, 2.75) is 52.1 Å². The topological polar surface area (TPSA) is 103 Å². The monoisotopic (exact) mass is 566 g/mol. The van der Waals surface area contributed by atoms with E-state index < -0.39 is 11.6 Å². The standard InChI is InChI=1S/C30H33ClF2N6O/c1-16-12-18(40-5)6-7-19(16)17-13-23-26(37-24-10-11-30(4,35)29(24,2)3)20(14-36-39(23)15-17)28(34)38-27-21(31)8-9-22(32)25(27)33/h6-9,12-15,24,37H,10-11,35H2,1-5H3,(H2,34,38)/t24-,30+/m1/s1. The van der Waals surface area contributed by atoms with Crippen molar-refractivity contribution < 1.29 is 13.5 Å². The summed E-state index contributed by atoms with van der Waals surface area (Å²) in [5.41, 5.74) is 16.9. The van der Waals surface area contributed by atoms with Crippen molar-refractivity contribution in [2.24, 2.45) is 21.9 Å². The van der Waals surface area contributed by atoms with Gasteiger partial charge < -0.3 is 21.5 Å². The quantitative estimate of drug-likeness (QED) is 0.138. The van der Waals surface area contributed by atoms with Gasteiger partial charge in [-0.2, -0.15) is 5.10 Å². The van der Waals surface area contributed by atoms with Crippen LogP contribution in [0.3, 0.4) is 0 Å². The Hall–Kier alpha value is -3.69. The fraction of sp³-hybridized carbons (Fsp3) is 0.333. The second kappa shape index (κ2) is 10.1. The highest BCUT2D eigenvalue weighted by molar-refractivity contribution is 6.33. The summed E-state index contributed by atoms with van der Waals surface area (Å²) < 4.78 is 35.7. The van der Waals surface area contributed by atoms with E-state index in [2.05, 4.69) is 36.2 Å². The van der Waals surface area contributed by atoms with Gasteiger partial charge in [0.05, 0.1) is 35.1 Å². The van der Waals surface area contributed by atoms with E-state index >= 15 is 0 Å². The molecule has 7 nitrogen and oxygen atoms in total. The van der Waals surface area contributed by atoms with E-state index in [0.717, 1.165) is 46.9 Å². The molecule has 2 aromatic heterocycles. The Morgan fingerprint density at radius 3 is 2.60 bits per heavy atom. The van der Waals surface area contributed by atoms with Crippen molar-refractivity contribution in [2.75, 3.05) is 12.4 Å². The fourth-order valence-electron chi connectivity index (χ4n) is 5.39. The zero-order valence-electron chi connectivity index (χ0n) is 23.1. The van der Waals surface area contributed by atoms with E-state index in [0.29, 0.717) is 11.3 Å². The molecule has 1 aliphatic carbocycles. The Bertz CT molecular complexity index is 1650. The van der Waals surface area contributed by atoms with Crippen molar-refractivity contribution in [3.63, 3.8) is 0 Å². The molecule has 1 aliphatic rings. The maximum absolute atomic E-state index is 14.6. The molecule has 0 unspecified atom stereocenters. The number of fused-ring (bicyclic) bond motifs is 1. The summed E-state index contributed by atoms with van der Waals surface area (Å²) in [4.78, 5) is 4.21. The number of amidine groups is 1. The minimum absolute atomic E-state index is 0.00387. The minimum atomic E-state index is -1.17. The lowest BCUT2D eigenvalue weighted by Gasteiger charge is -2.39. The fourth-order valence-corrected chi connectivity index (χ4v) is 5.58. The molecular formula is C30H33ClF2N6O. The third-order valence-electron chi connectivity index (χ3n) is 8.52. The molecule has 0 radical (unpaired) electrons. The molecule has 1 fully saturated rings. The van der Waals surface area contributed by atoms with Crippen LogP contribution in [0.5, 0.6) is 5.75 Å². The number of aryl methyl sites for hydroxylation is 1. The van der Waals surface area contributed by atoms with Crippen molar-refractivity contribution in [3.8, 4) is 16.9 Å². The molecule has 40 heavy (non-hydrogen) atoms. The van der Waals surface area contributed by atoms with E-state index in [1.165, 1.54) is 6.07 Å². The highest BCUT2D eigenvalue weighted by atomic mass is 35.5. The maximum atomic E-state index is 14.6. The van der Waals surface area contributed by atoms with Gasteiger partial charge >= 0.3 is 0 Å². The first-order valence-corrected chi connectivity index (χ1v) is 13.4. The average Bonchev–Trinajstić information content (AvgIpc) is 3.42. The van der Waals surface area contributed by atoms with Gasteiger partial charge in [-0.05, 0) is 68.1 Å². The first-order chi connectivity index (χ1) is 18.8. The normalized spacial score (nSPS) is 20.7. The van der Waals surface area contributed by atoms with Gasteiger partial charge in [0.2, 0.25) is 0 Å². The van der Waals surface area contributed by atoms with E-state index in [1.807, 2.05) is 37.4 Å². The zero-order valence-corrected chi connectivity index (χ0v) is 23.9. The Morgan fingerprint density at radius 1 is 1.20 bits per heavy atom. The van der Waals surface area contributed by atoms with Gasteiger partial charge in [-0.25, -0.2) is 18.3 Å². The molecule has 5 rings (SSSR count). The summed E-state index contributed by atoms with van der Waals surface area (Å²) in [5.74, 6) is -1.52. The summed E-state index contributed by atoms with van der Waals surface area (Å²) in [6.07, 6.45) is 5.16. The number of nitrogens with one attached hydrogen (secondary N) is 1. The number of aromatic nitrogens is 2. The first kappa shape index (κ1) is 27.9. The summed E-state index contributed by atoms with van der Waals surface area (Å²) in [5, 5.41) is 8.21. The second-order valence-corrected chi connectivity index (χ2v) is 11.6. The molecule has 2 aromatic carbocycles. The molecule has 0 saturated heterocycles. The maximum Gasteiger partial charge on any atom is 0.185 e. The van der Waals surface area contributed by atoms with Crippen LogP contribution in [0.2, 0.25) is 5.02 Å². The SMILES string of the molecule is COc1ccc(-c2cc3c(N[C@@H]4CC[C@](C)(N)C4(C)C)c(/C(N)=N/c4c(Cl)ccc(F)c4F)cnn3c2)c(C)c1. The van der Waals surface area contributed by atoms with Gasteiger partial charge in [0, 0.05) is 28.8 Å². The Kier molecular flexibility index (Phi) is 7.00. The number of benzene rings is 2. The van der Waals surface area contributed by atoms with Crippen LogP contribution in [0.1, 0.15) is 44.7 Å². The summed E-state index contributed by atoms with van der Waals surface area (Å²) in [7, 11) is 1.64. The number of methoxy groups -OCH3 is 1. The molecule has 2 heterocycles. The Balaban J connectivity index is 1.68. The highest BCUT2D eigenvalue weighted by Crippen LogP contribution is 2.46. The Morgan fingerprint density at radius 2 is 1.95 bits per heavy atom. The van der Waals surface area contributed by atoms with Crippen molar-refractivity contribution in [3.05, 3.63) is 76.6 Å². The summed E-state index contributed by atoms with van der Waals surface area (Å²) in [6, 6.07) is 10.1. The number of hydrogen-bond acceptors (Lipinski definition) is 5. The van der Waals surface area contributed by atoms with E-state index in [4.69, 9.17) is 27.8 Å². The number of ether oxygens (including phenoxy) is 1. The first-order valence-electron chi connectivity index (χ1n) is 13.0. The molecule has 0 spiro atoms. The number of rotatable bonds is 6. The largest absolute Gasteiger partial charge is 0.497 e. The Labute approximate surface area is 237 Å². The van der Waals surface area contributed by atoms with Gasteiger partial charge in [-0.15, -0.1) is 0 Å². The predicted octanol–water partition coefficient (Wildman–Crippen LogP) is 6.60. The number of halogens is 3. The lowest BCUT2D eigenvalue weighted by molar-refractivity contribution is 0.215. The molecular weight excluding hydrogens is 534 g/mol. The summed E-state index contributed by atoms with van der Waals surface area (Å²) >= 11 is 6.15. The van der Waals surface area contributed by atoms with Gasteiger partial charge in [0.15, 0.2) is 11.6 Å². The molecule has 210 valence electrons. The van der Waals surface area contributed by atoms with Crippen LogP contribution in [0.15, 0.2) is 53.8 Å². The van der Waals surface area contributed by atoms with Crippen LogP contribution < -0.4 is 21.5 Å². The van der Waals surface area contributed by atoms with Gasteiger partial charge in [0.25, 0.3) is 0 Å². The molecule has 0 amide bonds. The van der Waals surface area contributed by atoms with E-state index in [-0.39, 0.29) is 33.5 Å². The number of hydrogen-bond donors (Lipinski definition) is 3. The van der Waals surface area contributed by atoms with Crippen LogP contribution in [-0.4, -0.2) is 34.1 Å². The van der Waals surface area contributed by atoms with Crippen LogP contribution in [0, 0.1) is 24.0 Å². The number of aliphatic imine (C=N–C) groups is 1. The molecule has 4 aromatic rings. The lowest BCUT2D eigenvalue weighted by Crippen LogP contribution is -2.51. The molecule has 5 N–H and O–H groups in total. The van der Waals surface area contributed by atoms with Crippen LogP contribution in [0.4, 0.5) is 20.2 Å². The van der Waals surface area contributed by atoms with Crippen LogP contribution >= 0.6 is 11.6 Å². The predicted molar refractivity (Wildman–Crippen MR) is 157 cm³/mol. The molecule has 2 atom stereocenters. The molecule has 0 bridgehead atoms. The number of nitrogens with zero attached hydrogens (tertiary/aromatic N) is 3. The van der Waals surface area contributed by atoms with Crippen LogP contribution in [0.25, 0.3) is 16.6 Å². The number of nitrogens with two attached hydrogens (primary N) is 2. The third kappa shape index (κ3) is 4.67. The summed E-state index contributed by atoms with van der Waals surface area (Å²) in [6.45, 7) is 8.35. The van der Waals surface area contributed by atoms with Crippen molar-refractivity contribution >= 4 is 34.3 Å². The van der Waals surface area contributed by atoms with Gasteiger partial charge in [-0.3, -0.25) is 0 Å². The van der Waals surface area contributed by atoms with Crippen molar-refractivity contribution in [1.82, 2.24) is 9.61 Å². The number of anilines is 1. The van der Waals surface area contributed by atoms with E-state index in [1.54, 1.807) is 17.8 Å². The van der Waals surface area contributed by atoms with Crippen molar-refractivity contribution in [1.29, 1.82) is 0 Å². The zero-order chi connectivity index (χ0) is 29.0. The smallest absolute Gasteiger partial charge is 0.185 e. The molecule has 10 heteroatoms. The average molecular weight is 567 g/mol. The molecule has 0 aliphatic heterocycles. The van der Waals surface area contributed by atoms with Gasteiger partial charge in [-0.1, -0.05) is 31.5 Å². The minimum Gasteiger partial charge on any atom is -0.497 e. The second-order valence-electron chi connectivity index (χ2n) is 11.2.